The number of rotatable bonds is 3. The van der Waals surface area contributed by atoms with E-state index in [2.05, 4.69) is 10.6 Å². The molecule has 1 aliphatic rings. The van der Waals surface area contributed by atoms with E-state index in [0.29, 0.717) is 13.0 Å². The molecule has 1 aromatic heterocycles. The van der Waals surface area contributed by atoms with Crippen molar-refractivity contribution >= 4 is 9.84 Å². The Labute approximate surface area is 101 Å². The van der Waals surface area contributed by atoms with Crippen LogP contribution in [0.2, 0.25) is 0 Å². The van der Waals surface area contributed by atoms with Gasteiger partial charge in [-0.1, -0.05) is 0 Å². The van der Waals surface area contributed by atoms with E-state index in [-0.39, 0.29) is 17.5 Å². The molecule has 1 saturated heterocycles. The molecule has 1 unspecified atom stereocenters. The Bertz CT molecular complexity index is 521. The lowest BCUT2D eigenvalue weighted by atomic mass is 10.2. The van der Waals surface area contributed by atoms with Gasteiger partial charge in [0.2, 0.25) is 0 Å². The molecule has 0 aromatic carbocycles. The molecule has 1 fully saturated rings. The summed E-state index contributed by atoms with van der Waals surface area (Å²) >= 11 is 0. The van der Waals surface area contributed by atoms with Gasteiger partial charge in [0.15, 0.2) is 9.84 Å². The average Bonchev–Trinajstić information content (AvgIpc) is 2.73. The molecule has 17 heavy (non-hydrogen) atoms. The van der Waals surface area contributed by atoms with Crippen molar-refractivity contribution < 1.29 is 13.6 Å². The first-order valence-corrected chi connectivity index (χ1v) is 7.38. The minimum absolute atomic E-state index is 0.0638. The third kappa shape index (κ3) is 2.36. The largest absolute Gasteiger partial charge is 0.316 e. The van der Waals surface area contributed by atoms with Gasteiger partial charge >= 0.3 is 0 Å². The molecule has 0 bridgehead atoms. The summed E-state index contributed by atoms with van der Waals surface area (Å²) in [7, 11) is -2.90. The smallest absolute Gasteiger partial charge is 0.152 e. The predicted molar refractivity (Wildman–Crippen MR) is 62.6 cm³/mol. The second kappa shape index (κ2) is 4.40. The van der Waals surface area contributed by atoms with E-state index in [1.165, 1.54) is 0 Å². The van der Waals surface area contributed by atoms with Gasteiger partial charge in [-0.05, 0) is 20.3 Å². The Morgan fingerprint density at radius 1 is 1.53 bits per heavy atom. The molecule has 2 N–H and O–H groups in total. The molecule has 6 nitrogen and oxygen atoms in total. The van der Waals surface area contributed by atoms with Gasteiger partial charge in [0.1, 0.15) is 0 Å². The van der Waals surface area contributed by atoms with Crippen molar-refractivity contribution in [2.75, 3.05) is 11.5 Å². The van der Waals surface area contributed by atoms with E-state index in [1.54, 1.807) is 4.68 Å². The van der Waals surface area contributed by atoms with Crippen molar-refractivity contribution in [2.45, 2.75) is 32.9 Å². The van der Waals surface area contributed by atoms with Gasteiger partial charge < -0.3 is 5.21 Å². The van der Waals surface area contributed by atoms with Gasteiger partial charge in [-0.25, -0.2) is 13.9 Å². The number of aryl methyl sites for hydroxylation is 1. The van der Waals surface area contributed by atoms with Crippen LogP contribution in [0.5, 0.6) is 0 Å². The van der Waals surface area contributed by atoms with Crippen molar-refractivity contribution in [3.8, 4) is 0 Å². The number of hydrogen-bond acceptors (Lipinski definition) is 5. The SMILES string of the molecule is Cc1nn(C2CCS(=O)(=O)C2)c(C)c1CNO. The maximum atomic E-state index is 11.4. The van der Waals surface area contributed by atoms with Crippen LogP contribution in [0.1, 0.15) is 29.4 Å². The van der Waals surface area contributed by atoms with E-state index in [0.717, 1.165) is 17.0 Å². The normalized spacial score (nSPS) is 23.1. The molecule has 1 aliphatic heterocycles. The van der Waals surface area contributed by atoms with Gasteiger partial charge in [0.25, 0.3) is 0 Å². The van der Waals surface area contributed by atoms with Crippen molar-refractivity contribution in [3.05, 3.63) is 17.0 Å². The Kier molecular flexibility index (Phi) is 3.24. The maximum Gasteiger partial charge on any atom is 0.152 e. The summed E-state index contributed by atoms with van der Waals surface area (Å²) in [6.45, 7) is 4.09. The Hall–Kier alpha value is -0.920. The second-order valence-electron chi connectivity index (χ2n) is 4.49. The van der Waals surface area contributed by atoms with Crippen molar-refractivity contribution in [1.29, 1.82) is 0 Å². The highest BCUT2D eigenvalue weighted by Gasteiger charge is 2.31. The van der Waals surface area contributed by atoms with Crippen LogP contribution < -0.4 is 5.48 Å². The monoisotopic (exact) mass is 259 g/mol. The van der Waals surface area contributed by atoms with Crippen molar-refractivity contribution in [3.63, 3.8) is 0 Å². The van der Waals surface area contributed by atoms with Gasteiger partial charge in [-0.2, -0.15) is 5.10 Å². The van der Waals surface area contributed by atoms with Crippen LogP contribution in [0.15, 0.2) is 0 Å². The molecular weight excluding hydrogens is 242 g/mol. The Morgan fingerprint density at radius 3 is 2.76 bits per heavy atom. The fourth-order valence-electron chi connectivity index (χ4n) is 2.36. The minimum atomic E-state index is -2.90. The molecule has 7 heteroatoms. The van der Waals surface area contributed by atoms with Crippen LogP contribution in [-0.2, 0) is 16.4 Å². The lowest BCUT2D eigenvalue weighted by molar-refractivity contribution is 0.161. The number of sulfone groups is 1. The Balaban J connectivity index is 2.31. The van der Waals surface area contributed by atoms with Gasteiger partial charge in [-0.15, -0.1) is 0 Å². The molecule has 96 valence electrons. The van der Waals surface area contributed by atoms with Crippen LogP contribution in [0, 0.1) is 13.8 Å². The number of hydroxylamine groups is 1. The molecular formula is C10H17N3O3S. The minimum Gasteiger partial charge on any atom is -0.316 e. The molecule has 1 atom stereocenters. The molecule has 0 amide bonds. The topological polar surface area (TPSA) is 84.2 Å². The third-order valence-corrected chi connectivity index (χ3v) is 5.04. The van der Waals surface area contributed by atoms with Crippen LogP contribution in [-0.4, -0.2) is 34.9 Å². The maximum absolute atomic E-state index is 11.4. The van der Waals surface area contributed by atoms with E-state index in [4.69, 9.17) is 5.21 Å². The molecule has 0 radical (unpaired) electrons. The van der Waals surface area contributed by atoms with Gasteiger partial charge in [0, 0.05) is 17.8 Å². The molecule has 2 heterocycles. The lowest BCUT2D eigenvalue weighted by Gasteiger charge is -2.11. The second-order valence-corrected chi connectivity index (χ2v) is 6.71. The first-order valence-electron chi connectivity index (χ1n) is 5.56. The zero-order valence-corrected chi connectivity index (χ0v) is 10.8. The highest BCUT2D eigenvalue weighted by atomic mass is 32.2. The third-order valence-electron chi connectivity index (χ3n) is 3.28. The van der Waals surface area contributed by atoms with Crippen LogP contribution >= 0.6 is 0 Å². The number of aromatic nitrogens is 2. The first kappa shape index (κ1) is 12.5. The number of nitrogens with zero attached hydrogens (tertiary/aromatic N) is 2. The lowest BCUT2D eigenvalue weighted by Crippen LogP contribution is -2.14. The molecule has 0 saturated carbocycles. The number of hydrogen-bond donors (Lipinski definition) is 2. The summed E-state index contributed by atoms with van der Waals surface area (Å²) in [5.74, 6) is 0.407. The summed E-state index contributed by atoms with van der Waals surface area (Å²) in [4.78, 5) is 0. The van der Waals surface area contributed by atoms with Gasteiger partial charge in [0.05, 0.1) is 23.2 Å². The highest BCUT2D eigenvalue weighted by molar-refractivity contribution is 7.91. The highest BCUT2D eigenvalue weighted by Crippen LogP contribution is 2.26. The standard InChI is InChI=1S/C10H17N3O3S/c1-7-10(5-11-14)8(2)13(12-7)9-3-4-17(15,16)6-9/h9,11,14H,3-6H2,1-2H3. The summed E-state index contributed by atoms with van der Waals surface area (Å²) in [6.07, 6.45) is 0.621. The predicted octanol–water partition coefficient (Wildman–Crippen LogP) is 0.338. The van der Waals surface area contributed by atoms with Crippen LogP contribution in [0.4, 0.5) is 0 Å². The van der Waals surface area contributed by atoms with E-state index >= 15 is 0 Å². The molecule has 2 rings (SSSR count). The fraction of sp³-hybridized carbons (Fsp3) is 0.700. The van der Waals surface area contributed by atoms with Crippen molar-refractivity contribution in [1.82, 2.24) is 15.3 Å². The molecule has 1 aromatic rings. The zero-order valence-electron chi connectivity index (χ0n) is 9.97. The molecule has 0 aliphatic carbocycles. The van der Waals surface area contributed by atoms with E-state index in [1.807, 2.05) is 13.8 Å². The average molecular weight is 259 g/mol. The van der Waals surface area contributed by atoms with Gasteiger partial charge in [-0.3, -0.25) is 4.68 Å². The zero-order chi connectivity index (χ0) is 12.6. The van der Waals surface area contributed by atoms with Crippen LogP contribution in [0.25, 0.3) is 0 Å². The van der Waals surface area contributed by atoms with E-state index in [9.17, 15) is 8.42 Å². The quantitative estimate of drug-likeness (QED) is 0.765. The summed E-state index contributed by atoms with van der Waals surface area (Å²) < 4.78 is 24.7. The summed E-state index contributed by atoms with van der Waals surface area (Å²) in [5, 5.41) is 13.1. The fourth-order valence-corrected chi connectivity index (χ4v) is 4.05. The number of nitrogens with one attached hydrogen (secondary N) is 1. The van der Waals surface area contributed by atoms with Crippen molar-refractivity contribution in [2.24, 2.45) is 0 Å². The van der Waals surface area contributed by atoms with Crippen LogP contribution in [0.3, 0.4) is 0 Å². The summed E-state index contributed by atoms with van der Waals surface area (Å²) in [6, 6.07) is -0.0638. The summed E-state index contributed by atoms with van der Waals surface area (Å²) in [5.41, 5.74) is 4.79. The first-order chi connectivity index (χ1) is 7.94. The Morgan fingerprint density at radius 2 is 2.24 bits per heavy atom. The van der Waals surface area contributed by atoms with E-state index < -0.39 is 9.84 Å². The molecule has 0 spiro atoms.